The third-order valence-electron chi connectivity index (χ3n) is 6.92. The predicted octanol–water partition coefficient (Wildman–Crippen LogP) is 5.14. The van der Waals surface area contributed by atoms with E-state index in [0.29, 0.717) is 23.4 Å². The molecule has 1 aromatic carbocycles. The molecule has 1 saturated heterocycles. The lowest BCUT2D eigenvalue weighted by molar-refractivity contribution is -0.0498. The molecule has 1 aliphatic heterocycles. The number of hydrogen-bond acceptors (Lipinski definition) is 5. The molecule has 1 fully saturated rings. The summed E-state index contributed by atoms with van der Waals surface area (Å²) in [6.07, 6.45) is 0.857. The molecule has 9 heteroatoms. The molecular formula is C26H29F2N5O2. The first-order chi connectivity index (χ1) is 16.7. The maximum absolute atomic E-state index is 12.8. The van der Waals surface area contributed by atoms with Crippen molar-refractivity contribution >= 4 is 22.5 Å². The van der Waals surface area contributed by atoms with Crippen molar-refractivity contribution in [3.8, 4) is 5.75 Å². The predicted molar refractivity (Wildman–Crippen MR) is 132 cm³/mol. The van der Waals surface area contributed by atoms with E-state index in [1.165, 1.54) is 0 Å². The minimum absolute atomic E-state index is 0.0639. The van der Waals surface area contributed by atoms with Crippen LogP contribution in [0.2, 0.25) is 0 Å². The van der Waals surface area contributed by atoms with Gasteiger partial charge in [-0.25, -0.2) is 0 Å². The zero-order valence-corrected chi connectivity index (χ0v) is 20.3. The number of hydrogen-bond donors (Lipinski definition) is 0. The summed E-state index contributed by atoms with van der Waals surface area (Å²) in [6, 6.07) is 12.2. The van der Waals surface area contributed by atoms with Crippen molar-refractivity contribution in [2.24, 2.45) is 7.05 Å². The van der Waals surface area contributed by atoms with Gasteiger partial charge in [0.05, 0.1) is 11.2 Å². The number of nitrogens with zero attached hydrogens (tertiary/aromatic N) is 5. The lowest BCUT2D eigenvalue weighted by atomic mass is 9.98. The van der Waals surface area contributed by atoms with Gasteiger partial charge in [0, 0.05) is 44.3 Å². The SMILES string of the molecule is [C-]#[N+]c1ccc2c(n1)c(N1C[C@@H](C)N(C(C)c3ccc(OC(F)F)cc3)C[C@@H]1CC)cc(=O)n2C. The first-order valence-electron chi connectivity index (χ1n) is 11.7. The number of aryl methyl sites for hydroxylation is 1. The van der Waals surface area contributed by atoms with Crippen LogP contribution < -0.4 is 15.2 Å². The molecule has 0 saturated carbocycles. The van der Waals surface area contributed by atoms with Crippen molar-refractivity contribution in [1.29, 1.82) is 0 Å². The summed E-state index contributed by atoms with van der Waals surface area (Å²) < 4.78 is 31.0. The average molecular weight is 482 g/mol. The Kier molecular flexibility index (Phi) is 7.03. The lowest BCUT2D eigenvalue weighted by Gasteiger charge is -2.48. The van der Waals surface area contributed by atoms with Gasteiger partial charge in [-0.2, -0.15) is 8.78 Å². The second-order valence-electron chi connectivity index (χ2n) is 8.96. The van der Waals surface area contributed by atoms with Crippen molar-refractivity contribution in [2.45, 2.75) is 51.9 Å². The summed E-state index contributed by atoms with van der Waals surface area (Å²) in [4.78, 5) is 25.4. The highest BCUT2D eigenvalue weighted by Crippen LogP contribution is 2.34. The quantitative estimate of drug-likeness (QED) is 0.457. The Morgan fingerprint density at radius 3 is 2.54 bits per heavy atom. The number of ether oxygens (including phenoxy) is 1. The van der Waals surface area contributed by atoms with Gasteiger partial charge in [0.15, 0.2) is 0 Å². The number of rotatable bonds is 6. The Hall–Kier alpha value is -3.51. The molecule has 0 radical (unpaired) electrons. The normalized spacial score (nSPS) is 19.7. The molecule has 2 aromatic heterocycles. The molecule has 0 bridgehead atoms. The second-order valence-corrected chi connectivity index (χ2v) is 8.96. The Bertz CT molecular complexity index is 1300. The summed E-state index contributed by atoms with van der Waals surface area (Å²) in [5, 5.41) is 0. The highest BCUT2D eigenvalue weighted by Gasteiger charge is 2.35. The van der Waals surface area contributed by atoms with Gasteiger partial charge in [-0.05, 0) is 50.1 Å². The van der Waals surface area contributed by atoms with E-state index >= 15 is 0 Å². The number of piperazine rings is 1. The van der Waals surface area contributed by atoms with Crippen LogP contribution in [0.5, 0.6) is 5.75 Å². The van der Waals surface area contributed by atoms with E-state index in [-0.39, 0.29) is 29.4 Å². The third-order valence-corrected chi connectivity index (χ3v) is 6.92. The van der Waals surface area contributed by atoms with Gasteiger partial charge in [0.25, 0.3) is 11.4 Å². The third kappa shape index (κ3) is 4.84. The van der Waals surface area contributed by atoms with Crippen LogP contribution in [0.4, 0.5) is 20.3 Å². The smallest absolute Gasteiger partial charge is 0.387 e. The molecule has 3 atom stereocenters. The zero-order valence-electron chi connectivity index (χ0n) is 20.3. The first kappa shape index (κ1) is 24.6. The van der Waals surface area contributed by atoms with Crippen molar-refractivity contribution in [2.75, 3.05) is 18.0 Å². The fourth-order valence-electron chi connectivity index (χ4n) is 4.95. The second kappa shape index (κ2) is 10.0. The van der Waals surface area contributed by atoms with Crippen LogP contribution in [-0.2, 0) is 7.05 Å². The number of alkyl halides is 2. The van der Waals surface area contributed by atoms with E-state index < -0.39 is 6.61 Å². The van der Waals surface area contributed by atoms with Crippen LogP contribution in [0.25, 0.3) is 15.9 Å². The fourth-order valence-corrected chi connectivity index (χ4v) is 4.95. The Morgan fingerprint density at radius 1 is 1.20 bits per heavy atom. The van der Waals surface area contributed by atoms with Crippen molar-refractivity contribution < 1.29 is 13.5 Å². The maximum Gasteiger partial charge on any atom is 0.387 e. The molecule has 1 aliphatic rings. The monoisotopic (exact) mass is 481 g/mol. The Balaban J connectivity index is 1.65. The van der Waals surface area contributed by atoms with E-state index in [1.807, 2.05) is 12.1 Å². The topological polar surface area (TPSA) is 55.0 Å². The summed E-state index contributed by atoms with van der Waals surface area (Å²) in [7, 11) is 1.71. The summed E-state index contributed by atoms with van der Waals surface area (Å²) in [5.74, 6) is 0.439. The molecule has 0 aliphatic carbocycles. The number of fused-ring (bicyclic) bond motifs is 1. The van der Waals surface area contributed by atoms with E-state index in [1.54, 1.807) is 41.9 Å². The highest BCUT2D eigenvalue weighted by molar-refractivity contribution is 5.89. The number of benzene rings is 1. The maximum atomic E-state index is 12.8. The molecule has 0 amide bonds. The van der Waals surface area contributed by atoms with Gasteiger partial charge in [-0.3, -0.25) is 9.69 Å². The molecule has 1 unspecified atom stereocenters. The van der Waals surface area contributed by atoms with E-state index in [4.69, 9.17) is 6.57 Å². The zero-order chi connectivity index (χ0) is 25.3. The number of pyridine rings is 2. The van der Waals surface area contributed by atoms with E-state index in [2.05, 4.69) is 45.1 Å². The Morgan fingerprint density at radius 2 is 1.91 bits per heavy atom. The van der Waals surface area contributed by atoms with Crippen LogP contribution in [0, 0.1) is 6.57 Å². The summed E-state index contributed by atoms with van der Waals surface area (Å²) >= 11 is 0. The van der Waals surface area contributed by atoms with Crippen molar-refractivity contribution in [3.05, 3.63) is 69.8 Å². The molecule has 4 rings (SSSR count). The van der Waals surface area contributed by atoms with Gasteiger partial charge in [0.1, 0.15) is 5.75 Å². The van der Waals surface area contributed by atoms with Crippen LogP contribution in [-0.4, -0.2) is 46.2 Å². The summed E-state index contributed by atoms with van der Waals surface area (Å²) in [6.45, 7) is 12.3. The minimum atomic E-state index is -2.84. The standard InChI is InChI=1S/C26H29F2N5O2/c1-6-19-15-32(17(3)18-7-9-20(10-8-18)35-26(27)28)16(2)14-33(19)22-13-24(34)31(5)21-11-12-23(29-4)30-25(21)22/h7-13,16-17,19,26H,6,14-15H2,1-3,5H3/t16-,17?,19+/m1/s1. The van der Waals surface area contributed by atoms with Gasteiger partial charge in [0.2, 0.25) is 5.52 Å². The minimum Gasteiger partial charge on any atom is -0.435 e. The van der Waals surface area contributed by atoms with Crippen LogP contribution in [0.3, 0.4) is 0 Å². The highest BCUT2D eigenvalue weighted by atomic mass is 19.3. The number of anilines is 1. The van der Waals surface area contributed by atoms with Crippen molar-refractivity contribution in [1.82, 2.24) is 14.5 Å². The average Bonchev–Trinajstić information content (AvgIpc) is 2.85. The molecule has 0 N–H and O–H groups in total. The summed E-state index contributed by atoms with van der Waals surface area (Å²) in [5.41, 5.74) is 3.01. The van der Waals surface area contributed by atoms with Gasteiger partial charge in [-0.15, -0.1) is 4.98 Å². The molecule has 7 nitrogen and oxygen atoms in total. The Labute approximate surface area is 203 Å². The molecule has 35 heavy (non-hydrogen) atoms. The first-order valence-corrected chi connectivity index (χ1v) is 11.7. The van der Waals surface area contributed by atoms with Crippen LogP contribution in [0.1, 0.15) is 38.8 Å². The van der Waals surface area contributed by atoms with Crippen molar-refractivity contribution in [3.63, 3.8) is 0 Å². The van der Waals surface area contributed by atoms with E-state index in [0.717, 1.165) is 24.2 Å². The van der Waals surface area contributed by atoms with Crippen LogP contribution in [0.15, 0.2) is 47.3 Å². The fraction of sp³-hybridized carbons (Fsp3) is 0.423. The molecule has 0 spiro atoms. The number of halogens is 2. The van der Waals surface area contributed by atoms with Gasteiger partial charge in [-0.1, -0.05) is 25.6 Å². The number of aromatic nitrogens is 2. The molecule has 3 heterocycles. The lowest BCUT2D eigenvalue weighted by Crippen LogP contribution is -2.58. The van der Waals surface area contributed by atoms with Crippen LogP contribution >= 0.6 is 0 Å². The molecular weight excluding hydrogens is 452 g/mol. The van der Waals surface area contributed by atoms with Gasteiger partial charge < -0.3 is 19.0 Å². The molecule has 184 valence electrons. The molecule has 3 aromatic rings. The largest absolute Gasteiger partial charge is 0.435 e. The van der Waals surface area contributed by atoms with E-state index in [9.17, 15) is 13.6 Å². The van der Waals surface area contributed by atoms with Gasteiger partial charge >= 0.3 is 6.61 Å².